The molecule has 2 aromatic heterocycles. The van der Waals surface area contributed by atoms with Crippen LogP contribution >= 0.6 is 0 Å². The Labute approximate surface area is 166 Å². The number of aromatic nitrogens is 3. The minimum absolute atomic E-state index is 0.0289. The molecule has 4 rings (SSSR count). The molecule has 3 heterocycles. The molecule has 0 radical (unpaired) electrons. The number of aryl methyl sites for hydroxylation is 2. The number of carbonyl (C=O) groups excluding carboxylic acids is 1. The van der Waals surface area contributed by atoms with E-state index in [0.717, 1.165) is 11.9 Å². The fraction of sp³-hybridized carbons (Fsp3) is 0.211. The lowest BCUT2D eigenvalue weighted by molar-refractivity contribution is -0.116. The number of fused-ring (bicyclic) bond motifs is 1. The fourth-order valence-corrected chi connectivity index (χ4v) is 4.29. The van der Waals surface area contributed by atoms with Crippen LogP contribution in [0.25, 0.3) is 5.82 Å². The predicted molar refractivity (Wildman–Crippen MR) is 103 cm³/mol. The highest BCUT2D eigenvalue weighted by Crippen LogP contribution is 2.28. The topological polar surface area (TPSA) is 106 Å². The number of rotatable bonds is 5. The molecule has 0 bridgehead atoms. The summed E-state index contributed by atoms with van der Waals surface area (Å²) < 4.78 is 44.0. The quantitative estimate of drug-likeness (QED) is 0.664. The molecule has 0 atom stereocenters. The Bertz CT molecular complexity index is 1210. The van der Waals surface area contributed by atoms with Crippen LogP contribution in [0.1, 0.15) is 23.4 Å². The second-order valence-electron chi connectivity index (χ2n) is 6.68. The summed E-state index contributed by atoms with van der Waals surface area (Å²) in [5.74, 6) is 0.223. The molecule has 0 saturated heterocycles. The smallest absolute Gasteiger partial charge is 0.243 e. The van der Waals surface area contributed by atoms with Gasteiger partial charge >= 0.3 is 0 Å². The molecular formula is C19H18FN5O3S. The molecule has 29 heavy (non-hydrogen) atoms. The van der Waals surface area contributed by atoms with Crippen molar-refractivity contribution < 1.29 is 17.6 Å². The number of hydrogen-bond donors (Lipinski definition) is 2. The lowest BCUT2D eigenvalue weighted by Crippen LogP contribution is -2.26. The SMILES string of the molecule is Cc1nccn1-c1cc(CNS(=O)(=O)c2cc3c(cc2F)NC(=O)CC3)ccn1. The highest BCUT2D eigenvalue weighted by atomic mass is 32.2. The summed E-state index contributed by atoms with van der Waals surface area (Å²) in [5.41, 5.74) is 1.57. The maximum Gasteiger partial charge on any atom is 0.243 e. The van der Waals surface area contributed by atoms with E-state index < -0.39 is 20.7 Å². The maximum absolute atomic E-state index is 14.4. The molecule has 150 valence electrons. The molecule has 10 heteroatoms. The molecular weight excluding hydrogens is 397 g/mol. The van der Waals surface area contributed by atoms with Crippen LogP contribution in [0, 0.1) is 12.7 Å². The van der Waals surface area contributed by atoms with Crippen molar-refractivity contribution >= 4 is 21.6 Å². The number of pyridine rings is 1. The first-order chi connectivity index (χ1) is 13.8. The molecule has 0 spiro atoms. The lowest BCUT2D eigenvalue weighted by atomic mass is 10.0. The van der Waals surface area contributed by atoms with Crippen LogP contribution in [0.3, 0.4) is 0 Å². The Morgan fingerprint density at radius 3 is 2.79 bits per heavy atom. The van der Waals surface area contributed by atoms with Gasteiger partial charge in [-0.2, -0.15) is 0 Å². The summed E-state index contributed by atoms with van der Waals surface area (Å²) in [5, 5.41) is 2.55. The van der Waals surface area contributed by atoms with Crippen molar-refractivity contribution in [1.29, 1.82) is 0 Å². The van der Waals surface area contributed by atoms with E-state index in [-0.39, 0.29) is 18.9 Å². The number of anilines is 1. The normalized spacial score (nSPS) is 13.8. The number of amides is 1. The van der Waals surface area contributed by atoms with Crippen LogP contribution in [0.2, 0.25) is 0 Å². The van der Waals surface area contributed by atoms with E-state index in [1.165, 1.54) is 6.07 Å². The van der Waals surface area contributed by atoms with E-state index in [1.54, 1.807) is 35.3 Å². The van der Waals surface area contributed by atoms with Crippen molar-refractivity contribution in [2.75, 3.05) is 5.32 Å². The standard InChI is InChI=1S/C19H18FN5O3S/c1-12-21-6-7-25(12)18-8-13(4-5-22-18)11-23-29(27,28)17-9-14-2-3-19(26)24-16(14)10-15(17)20/h4-10,23H,2-3,11H2,1H3,(H,24,26). The summed E-state index contributed by atoms with van der Waals surface area (Å²) in [6.07, 6.45) is 5.57. The van der Waals surface area contributed by atoms with Crippen molar-refractivity contribution in [3.05, 3.63) is 65.6 Å². The first-order valence-corrected chi connectivity index (χ1v) is 10.4. The number of nitrogens with zero attached hydrogens (tertiary/aromatic N) is 3. The van der Waals surface area contributed by atoms with E-state index in [1.807, 2.05) is 6.92 Å². The fourth-order valence-electron chi connectivity index (χ4n) is 3.16. The van der Waals surface area contributed by atoms with Gasteiger partial charge in [-0.05, 0) is 48.7 Å². The van der Waals surface area contributed by atoms with E-state index in [2.05, 4.69) is 20.0 Å². The third-order valence-corrected chi connectivity index (χ3v) is 6.11. The Morgan fingerprint density at radius 2 is 2.03 bits per heavy atom. The zero-order chi connectivity index (χ0) is 20.6. The van der Waals surface area contributed by atoms with Crippen LogP contribution in [-0.2, 0) is 27.8 Å². The number of imidazole rings is 1. The summed E-state index contributed by atoms with van der Waals surface area (Å²) in [6, 6.07) is 5.74. The zero-order valence-corrected chi connectivity index (χ0v) is 16.3. The second kappa shape index (κ2) is 7.37. The van der Waals surface area contributed by atoms with Gasteiger partial charge < -0.3 is 5.32 Å². The summed E-state index contributed by atoms with van der Waals surface area (Å²) >= 11 is 0. The van der Waals surface area contributed by atoms with E-state index in [4.69, 9.17) is 0 Å². The van der Waals surface area contributed by atoms with Gasteiger partial charge in [-0.3, -0.25) is 9.36 Å². The van der Waals surface area contributed by atoms with E-state index in [9.17, 15) is 17.6 Å². The minimum atomic E-state index is -4.09. The Hall–Kier alpha value is -3.11. The molecule has 0 aliphatic carbocycles. The molecule has 8 nitrogen and oxygen atoms in total. The highest BCUT2D eigenvalue weighted by molar-refractivity contribution is 7.89. The van der Waals surface area contributed by atoms with Crippen LogP contribution in [0.5, 0.6) is 0 Å². The maximum atomic E-state index is 14.4. The molecule has 1 aliphatic rings. The number of hydrogen-bond acceptors (Lipinski definition) is 5. The van der Waals surface area contributed by atoms with Gasteiger partial charge in [0, 0.05) is 37.2 Å². The molecule has 1 aromatic carbocycles. The third-order valence-electron chi connectivity index (χ3n) is 4.69. The number of halogens is 1. The van der Waals surface area contributed by atoms with Gasteiger partial charge in [-0.1, -0.05) is 0 Å². The molecule has 0 fully saturated rings. The molecule has 3 aromatic rings. The minimum Gasteiger partial charge on any atom is -0.326 e. The van der Waals surface area contributed by atoms with Crippen molar-refractivity contribution in [3.63, 3.8) is 0 Å². The van der Waals surface area contributed by atoms with Crippen molar-refractivity contribution in [1.82, 2.24) is 19.3 Å². The van der Waals surface area contributed by atoms with Gasteiger partial charge in [0.25, 0.3) is 0 Å². The van der Waals surface area contributed by atoms with Crippen LogP contribution in [0.4, 0.5) is 10.1 Å². The summed E-state index contributed by atoms with van der Waals surface area (Å²) in [4.78, 5) is 19.4. The molecule has 2 N–H and O–H groups in total. The number of benzene rings is 1. The largest absolute Gasteiger partial charge is 0.326 e. The Morgan fingerprint density at radius 1 is 1.21 bits per heavy atom. The Balaban J connectivity index is 1.56. The van der Waals surface area contributed by atoms with Crippen molar-refractivity contribution in [2.24, 2.45) is 0 Å². The average Bonchev–Trinajstić information content (AvgIpc) is 3.12. The van der Waals surface area contributed by atoms with E-state index in [0.29, 0.717) is 29.1 Å². The van der Waals surface area contributed by atoms with Gasteiger partial charge in [0.15, 0.2) is 0 Å². The lowest BCUT2D eigenvalue weighted by Gasteiger charge is -2.18. The van der Waals surface area contributed by atoms with Gasteiger partial charge in [-0.15, -0.1) is 0 Å². The molecule has 1 amide bonds. The first kappa shape index (κ1) is 19.2. The van der Waals surface area contributed by atoms with Gasteiger partial charge in [0.1, 0.15) is 22.4 Å². The highest BCUT2D eigenvalue weighted by Gasteiger charge is 2.24. The average molecular weight is 415 g/mol. The van der Waals surface area contributed by atoms with Crippen LogP contribution in [-0.4, -0.2) is 28.9 Å². The summed E-state index contributed by atoms with van der Waals surface area (Å²) in [6.45, 7) is 1.80. The Kier molecular flexibility index (Phi) is 4.89. The third kappa shape index (κ3) is 3.89. The van der Waals surface area contributed by atoms with Gasteiger partial charge in [0.05, 0.1) is 0 Å². The zero-order valence-electron chi connectivity index (χ0n) is 15.5. The molecule has 0 saturated carbocycles. The summed E-state index contributed by atoms with van der Waals surface area (Å²) in [7, 11) is -4.09. The predicted octanol–water partition coefficient (Wildman–Crippen LogP) is 2.08. The first-order valence-electron chi connectivity index (χ1n) is 8.91. The van der Waals surface area contributed by atoms with E-state index >= 15 is 0 Å². The molecule has 1 aliphatic heterocycles. The van der Waals surface area contributed by atoms with Gasteiger partial charge in [-0.25, -0.2) is 27.5 Å². The monoisotopic (exact) mass is 415 g/mol. The number of nitrogens with one attached hydrogen (secondary N) is 2. The molecule has 0 unspecified atom stereocenters. The van der Waals surface area contributed by atoms with Crippen molar-refractivity contribution in [3.8, 4) is 5.82 Å². The number of sulfonamides is 1. The van der Waals surface area contributed by atoms with Crippen LogP contribution in [0.15, 0.2) is 47.8 Å². The van der Waals surface area contributed by atoms with Gasteiger partial charge in [0.2, 0.25) is 15.9 Å². The van der Waals surface area contributed by atoms with Crippen LogP contribution < -0.4 is 10.0 Å². The van der Waals surface area contributed by atoms with Crippen molar-refractivity contribution in [2.45, 2.75) is 31.2 Å². The number of carbonyl (C=O) groups is 1. The second-order valence-corrected chi connectivity index (χ2v) is 8.41.